The summed E-state index contributed by atoms with van der Waals surface area (Å²) in [5, 5.41) is 11.5. The van der Waals surface area contributed by atoms with Crippen LogP contribution in [0.4, 0.5) is 5.69 Å². The van der Waals surface area contributed by atoms with Gasteiger partial charge in [0.05, 0.1) is 10.1 Å². The Hall–Kier alpha value is -2.69. The third-order valence-electron chi connectivity index (χ3n) is 5.81. The summed E-state index contributed by atoms with van der Waals surface area (Å²) in [4.78, 5) is 13.1. The minimum atomic E-state index is -3.50. The number of aryl methyl sites for hydroxylation is 2. The van der Waals surface area contributed by atoms with Gasteiger partial charge in [-0.25, -0.2) is 8.42 Å². The second kappa shape index (κ2) is 10.3. The first kappa shape index (κ1) is 24.4. The average molecular weight is 500 g/mol. The zero-order valence-electron chi connectivity index (χ0n) is 19.6. The maximum absolute atomic E-state index is 12.8. The predicted octanol–water partition coefficient (Wildman–Crippen LogP) is 4.18. The molecule has 2 aromatic carbocycles. The summed E-state index contributed by atoms with van der Waals surface area (Å²) >= 11 is 1.32. The Morgan fingerprint density at radius 2 is 1.62 bits per heavy atom. The van der Waals surface area contributed by atoms with Crippen LogP contribution in [0.5, 0.6) is 0 Å². The number of carbonyl (C=O) groups excluding carboxylic acids is 1. The van der Waals surface area contributed by atoms with Crippen molar-refractivity contribution >= 4 is 33.4 Å². The van der Waals surface area contributed by atoms with Crippen molar-refractivity contribution < 1.29 is 13.2 Å². The van der Waals surface area contributed by atoms with Crippen molar-refractivity contribution in [1.82, 2.24) is 19.1 Å². The lowest BCUT2D eigenvalue weighted by Gasteiger charge is -2.25. The number of benzene rings is 2. The van der Waals surface area contributed by atoms with Crippen molar-refractivity contribution in [2.75, 3.05) is 18.4 Å². The number of thioether (sulfide) groups is 1. The Bertz CT molecular complexity index is 1250. The number of sulfonamides is 1. The molecule has 0 saturated carbocycles. The van der Waals surface area contributed by atoms with Gasteiger partial charge < -0.3 is 5.32 Å². The minimum absolute atomic E-state index is 0.201. The maximum Gasteiger partial charge on any atom is 0.243 e. The quantitative estimate of drug-likeness (QED) is 0.490. The van der Waals surface area contributed by atoms with Crippen LogP contribution in [-0.2, 0) is 14.8 Å². The van der Waals surface area contributed by atoms with Crippen molar-refractivity contribution in [1.29, 1.82) is 0 Å². The molecule has 1 atom stereocenters. The van der Waals surface area contributed by atoms with Crippen molar-refractivity contribution in [2.24, 2.45) is 0 Å². The second-order valence-electron chi connectivity index (χ2n) is 8.44. The first-order valence-electron chi connectivity index (χ1n) is 11.3. The van der Waals surface area contributed by atoms with Gasteiger partial charge >= 0.3 is 0 Å². The fourth-order valence-corrected chi connectivity index (χ4v) is 6.26. The lowest BCUT2D eigenvalue weighted by atomic mass is 10.2. The zero-order chi connectivity index (χ0) is 24.3. The number of anilines is 1. The molecule has 0 aliphatic carbocycles. The molecule has 0 radical (unpaired) electrons. The summed E-state index contributed by atoms with van der Waals surface area (Å²) in [5.41, 5.74) is 2.64. The van der Waals surface area contributed by atoms with Crippen LogP contribution in [0.2, 0.25) is 0 Å². The van der Waals surface area contributed by atoms with E-state index in [9.17, 15) is 13.2 Å². The smallest absolute Gasteiger partial charge is 0.243 e. The summed E-state index contributed by atoms with van der Waals surface area (Å²) < 4.78 is 29.1. The lowest BCUT2D eigenvalue weighted by Crippen LogP contribution is -2.35. The summed E-state index contributed by atoms with van der Waals surface area (Å²) in [5.74, 6) is 0.539. The number of nitrogens with zero attached hydrogens (tertiary/aromatic N) is 4. The van der Waals surface area contributed by atoms with Crippen molar-refractivity contribution in [3.63, 3.8) is 0 Å². The normalized spacial score (nSPS) is 15.7. The molecule has 1 fully saturated rings. The Kier molecular flexibility index (Phi) is 7.39. The highest BCUT2D eigenvalue weighted by molar-refractivity contribution is 8.00. The molecule has 180 valence electrons. The number of piperidine rings is 1. The molecule has 1 amide bonds. The molecule has 10 heteroatoms. The lowest BCUT2D eigenvalue weighted by molar-refractivity contribution is -0.115. The van der Waals surface area contributed by atoms with E-state index in [-0.39, 0.29) is 10.8 Å². The zero-order valence-corrected chi connectivity index (χ0v) is 21.2. The first-order chi connectivity index (χ1) is 16.3. The molecule has 4 rings (SSSR count). The van der Waals surface area contributed by atoms with Gasteiger partial charge in [-0.05, 0) is 70.0 Å². The molecule has 8 nitrogen and oxygen atoms in total. The number of hydrogen-bond acceptors (Lipinski definition) is 6. The van der Waals surface area contributed by atoms with Crippen LogP contribution in [0, 0.1) is 13.8 Å². The molecular weight excluding hydrogens is 470 g/mol. The van der Waals surface area contributed by atoms with E-state index < -0.39 is 15.3 Å². The molecule has 0 spiro atoms. The van der Waals surface area contributed by atoms with Crippen molar-refractivity contribution in [2.45, 2.75) is 55.3 Å². The van der Waals surface area contributed by atoms with E-state index in [4.69, 9.17) is 0 Å². The van der Waals surface area contributed by atoms with E-state index >= 15 is 0 Å². The number of nitrogens with one attached hydrogen (secondary N) is 1. The molecule has 1 aromatic heterocycles. The summed E-state index contributed by atoms with van der Waals surface area (Å²) in [6.45, 7) is 6.82. The predicted molar refractivity (Wildman–Crippen MR) is 134 cm³/mol. The highest BCUT2D eigenvalue weighted by Crippen LogP contribution is 2.27. The van der Waals surface area contributed by atoms with Crippen molar-refractivity contribution in [3.8, 4) is 5.69 Å². The van der Waals surface area contributed by atoms with E-state index in [1.807, 2.05) is 42.7 Å². The molecule has 2 heterocycles. The van der Waals surface area contributed by atoms with Crippen LogP contribution < -0.4 is 5.32 Å². The summed E-state index contributed by atoms with van der Waals surface area (Å²) in [6, 6.07) is 14.4. The molecule has 1 unspecified atom stereocenters. The Balaban J connectivity index is 1.42. The van der Waals surface area contributed by atoms with Gasteiger partial charge in [0.25, 0.3) is 0 Å². The van der Waals surface area contributed by atoms with Gasteiger partial charge in [-0.1, -0.05) is 35.9 Å². The summed E-state index contributed by atoms with van der Waals surface area (Å²) in [6.07, 6.45) is 2.84. The van der Waals surface area contributed by atoms with Gasteiger partial charge in [-0.15, -0.1) is 10.2 Å². The maximum atomic E-state index is 12.8. The third kappa shape index (κ3) is 5.34. The van der Waals surface area contributed by atoms with Gasteiger partial charge in [0.2, 0.25) is 15.9 Å². The first-order valence-corrected chi connectivity index (χ1v) is 13.6. The molecule has 1 aliphatic heterocycles. The van der Waals surface area contributed by atoms with Crippen LogP contribution in [0.15, 0.2) is 58.6 Å². The van der Waals surface area contributed by atoms with Crippen LogP contribution in [0.1, 0.15) is 37.6 Å². The van der Waals surface area contributed by atoms with E-state index in [2.05, 4.69) is 15.5 Å². The van der Waals surface area contributed by atoms with Crippen LogP contribution in [0.3, 0.4) is 0 Å². The van der Waals surface area contributed by atoms with Crippen LogP contribution in [-0.4, -0.2) is 51.7 Å². The van der Waals surface area contributed by atoms with E-state index in [0.717, 1.165) is 36.3 Å². The molecule has 0 bridgehead atoms. The number of amides is 1. The highest BCUT2D eigenvalue weighted by atomic mass is 32.2. The molecule has 1 N–H and O–H groups in total. The molecule has 1 saturated heterocycles. The molecule has 34 heavy (non-hydrogen) atoms. The van der Waals surface area contributed by atoms with Crippen molar-refractivity contribution in [3.05, 3.63) is 59.9 Å². The topological polar surface area (TPSA) is 97.2 Å². The van der Waals surface area contributed by atoms with Gasteiger partial charge in [0.15, 0.2) is 5.16 Å². The van der Waals surface area contributed by atoms with Crippen LogP contribution in [0.25, 0.3) is 5.69 Å². The van der Waals surface area contributed by atoms with Gasteiger partial charge in [-0.3, -0.25) is 9.36 Å². The van der Waals surface area contributed by atoms with Crippen LogP contribution >= 0.6 is 11.8 Å². The Morgan fingerprint density at radius 3 is 2.26 bits per heavy atom. The largest absolute Gasteiger partial charge is 0.325 e. The molecular formula is C24H29N5O3S2. The third-order valence-corrected chi connectivity index (χ3v) is 8.77. The number of hydrogen-bond donors (Lipinski definition) is 1. The van der Waals surface area contributed by atoms with E-state index in [1.54, 1.807) is 31.2 Å². The minimum Gasteiger partial charge on any atom is -0.325 e. The fraction of sp³-hybridized carbons (Fsp3) is 0.375. The van der Waals surface area contributed by atoms with E-state index in [0.29, 0.717) is 23.9 Å². The number of rotatable bonds is 7. The second-order valence-corrected chi connectivity index (χ2v) is 11.7. The molecule has 1 aliphatic rings. The van der Waals surface area contributed by atoms with Gasteiger partial charge in [0, 0.05) is 24.5 Å². The standard InChI is InChI=1S/C24H29N5O3S2/c1-17-7-11-21(12-8-17)29-19(3)26-27-24(29)33-18(2)23(30)25-20-9-13-22(14-10-20)34(31,32)28-15-5-4-6-16-28/h7-14,18H,4-6,15-16H2,1-3H3,(H,25,30). The average Bonchev–Trinajstić information content (AvgIpc) is 3.20. The number of carbonyl (C=O) groups is 1. The number of aromatic nitrogens is 3. The van der Waals surface area contributed by atoms with Gasteiger partial charge in [0.1, 0.15) is 5.82 Å². The summed E-state index contributed by atoms with van der Waals surface area (Å²) in [7, 11) is -3.50. The van der Waals surface area contributed by atoms with Gasteiger partial charge in [-0.2, -0.15) is 4.31 Å². The fourth-order valence-electron chi connectivity index (χ4n) is 3.83. The highest BCUT2D eigenvalue weighted by Gasteiger charge is 2.26. The van der Waals surface area contributed by atoms with E-state index in [1.165, 1.54) is 16.1 Å². The Morgan fingerprint density at radius 1 is 0.971 bits per heavy atom. The Labute approximate surface area is 204 Å². The monoisotopic (exact) mass is 499 g/mol. The SMILES string of the molecule is Cc1ccc(-n2c(C)nnc2SC(C)C(=O)Nc2ccc(S(=O)(=O)N3CCCCC3)cc2)cc1. The molecule has 3 aromatic rings.